The molecule has 0 unspecified atom stereocenters. The summed E-state index contributed by atoms with van der Waals surface area (Å²) < 4.78 is 23.2. The third-order valence-corrected chi connectivity index (χ3v) is 5.24. The summed E-state index contributed by atoms with van der Waals surface area (Å²) in [4.78, 5) is 12.2. The molecule has 2 aromatic carbocycles. The molecule has 0 aliphatic carbocycles. The lowest BCUT2D eigenvalue weighted by molar-refractivity contribution is -0.384. The number of hydrogen-bond acceptors (Lipinski definition) is 5. The topological polar surface area (TPSA) is 80.5 Å². The molecule has 0 aromatic heterocycles. The molecule has 6 nitrogen and oxygen atoms in total. The number of sulfone groups is 1. The second-order valence-corrected chi connectivity index (χ2v) is 8.11. The minimum absolute atomic E-state index is 0.0964. The van der Waals surface area contributed by atoms with Gasteiger partial charge in [-0.3, -0.25) is 10.1 Å². The van der Waals surface area contributed by atoms with Crippen LogP contribution in [-0.4, -0.2) is 26.6 Å². The summed E-state index contributed by atoms with van der Waals surface area (Å²) in [6.45, 7) is 0.343. The van der Waals surface area contributed by atoms with Gasteiger partial charge in [-0.1, -0.05) is 29.3 Å². The van der Waals surface area contributed by atoms with Gasteiger partial charge in [-0.05, 0) is 29.8 Å². The van der Waals surface area contributed by atoms with Gasteiger partial charge < -0.3 is 4.90 Å². The molecule has 0 N–H and O–H groups in total. The molecule has 9 heteroatoms. The standard InChI is InChI=1S/C15H14Cl2N2O4S/c1-18(9-10-3-5-12(16)13(17)7-10)14-6-4-11(24(2,22)23)8-15(14)19(20)21/h3-8H,9H2,1-2H3. The molecule has 0 fully saturated rings. The summed E-state index contributed by atoms with van der Waals surface area (Å²) in [6.07, 6.45) is 1.01. The molecule has 0 radical (unpaired) electrons. The van der Waals surface area contributed by atoms with E-state index in [1.54, 1.807) is 30.1 Å². The molecule has 0 spiro atoms. The van der Waals surface area contributed by atoms with Gasteiger partial charge in [0.1, 0.15) is 5.69 Å². The molecule has 0 aliphatic rings. The monoisotopic (exact) mass is 388 g/mol. The Morgan fingerprint density at radius 2 is 1.79 bits per heavy atom. The number of nitro benzene ring substituents is 1. The maximum absolute atomic E-state index is 11.6. The quantitative estimate of drug-likeness (QED) is 0.572. The van der Waals surface area contributed by atoms with E-state index >= 15 is 0 Å². The molecule has 128 valence electrons. The lowest BCUT2D eigenvalue weighted by Crippen LogP contribution is -2.18. The molecule has 2 rings (SSSR count). The summed E-state index contributed by atoms with van der Waals surface area (Å²) in [5, 5.41) is 12.1. The summed E-state index contributed by atoms with van der Waals surface area (Å²) >= 11 is 11.8. The number of halogens is 2. The molecule has 24 heavy (non-hydrogen) atoms. The van der Waals surface area contributed by atoms with E-state index in [4.69, 9.17) is 23.2 Å². The summed E-state index contributed by atoms with van der Waals surface area (Å²) in [5.41, 5.74) is 0.840. The number of benzene rings is 2. The number of rotatable bonds is 5. The van der Waals surface area contributed by atoms with Crippen LogP contribution >= 0.6 is 23.2 Å². The first-order chi connectivity index (χ1) is 11.1. The average Bonchev–Trinajstić information content (AvgIpc) is 2.49. The second-order valence-electron chi connectivity index (χ2n) is 5.28. The maximum Gasteiger partial charge on any atom is 0.293 e. The van der Waals surface area contributed by atoms with Crippen LogP contribution in [0.5, 0.6) is 0 Å². The van der Waals surface area contributed by atoms with Gasteiger partial charge in [-0.15, -0.1) is 0 Å². The van der Waals surface area contributed by atoms with Crippen LogP contribution in [0.4, 0.5) is 11.4 Å². The van der Waals surface area contributed by atoms with Crippen LogP contribution in [-0.2, 0) is 16.4 Å². The third kappa shape index (κ3) is 4.17. The van der Waals surface area contributed by atoms with Crippen LogP contribution in [0.1, 0.15) is 5.56 Å². The molecule has 0 atom stereocenters. The molecule has 0 aliphatic heterocycles. The molecule has 2 aromatic rings. The molecule has 0 saturated carbocycles. The highest BCUT2D eigenvalue weighted by atomic mass is 35.5. The maximum atomic E-state index is 11.6. The first-order valence-electron chi connectivity index (χ1n) is 6.73. The van der Waals surface area contributed by atoms with E-state index in [2.05, 4.69) is 0 Å². The fourth-order valence-electron chi connectivity index (χ4n) is 2.20. The van der Waals surface area contributed by atoms with Crippen molar-refractivity contribution in [2.75, 3.05) is 18.2 Å². The number of nitrogens with zero attached hydrogens (tertiary/aromatic N) is 2. The van der Waals surface area contributed by atoms with Crippen molar-refractivity contribution in [1.29, 1.82) is 0 Å². The van der Waals surface area contributed by atoms with Crippen molar-refractivity contribution in [1.82, 2.24) is 0 Å². The van der Waals surface area contributed by atoms with Crippen molar-refractivity contribution < 1.29 is 13.3 Å². The van der Waals surface area contributed by atoms with Gasteiger partial charge >= 0.3 is 0 Å². The van der Waals surface area contributed by atoms with Crippen LogP contribution in [0.25, 0.3) is 0 Å². The van der Waals surface area contributed by atoms with Gasteiger partial charge in [0, 0.05) is 25.9 Å². The summed E-state index contributed by atoms with van der Waals surface area (Å²) in [5.74, 6) is 0. The fourth-order valence-corrected chi connectivity index (χ4v) is 3.16. The highest BCUT2D eigenvalue weighted by Crippen LogP contribution is 2.31. The van der Waals surface area contributed by atoms with Crippen LogP contribution < -0.4 is 4.90 Å². The van der Waals surface area contributed by atoms with Crippen LogP contribution in [0.3, 0.4) is 0 Å². The van der Waals surface area contributed by atoms with Gasteiger partial charge in [-0.2, -0.15) is 0 Å². The van der Waals surface area contributed by atoms with E-state index in [0.717, 1.165) is 17.9 Å². The zero-order valence-corrected chi connectivity index (χ0v) is 15.2. The Morgan fingerprint density at radius 3 is 2.33 bits per heavy atom. The van der Waals surface area contributed by atoms with E-state index < -0.39 is 14.8 Å². The Balaban J connectivity index is 2.39. The minimum atomic E-state index is -3.53. The van der Waals surface area contributed by atoms with Gasteiger partial charge in [0.25, 0.3) is 5.69 Å². The first kappa shape index (κ1) is 18.5. The van der Waals surface area contributed by atoms with E-state index in [9.17, 15) is 18.5 Å². The molecular formula is C15H14Cl2N2O4S. The van der Waals surface area contributed by atoms with Crippen molar-refractivity contribution in [2.24, 2.45) is 0 Å². The minimum Gasteiger partial charge on any atom is -0.365 e. The highest BCUT2D eigenvalue weighted by molar-refractivity contribution is 7.90. The second kappa shape index (κ2) is 6.96. The summed E-state index contributed by atoms with van der Waals surface area (Å²) in [6, 6.07) is 8.93. The third-order valence-electron chi connectivity index (χ3n) is 3.39. The molecule has 0 bridgehead atoms. The largest absolute Gasteiger partial charge is 0.365 e. The van der Waals surface area contributed by atoms with Crippen molar-refractivity contribution in [3.05, 3.63) is 62.1 Å². The molecular weight excluding hydrogens is 375 g/mol. The van der Waals surface area contributed by atoms with E-state index in [1.807, 2.05) is 0 Å². The summed E-state index contributed by atoms with van der Waals surface area (Å²) in [7, 11) is -1.85. The van der Waals surface area contributed by atoms with Crippen LogP contribution in [0.2, 0.25) is 10.0 Å². The highest BCUT2D eigenvalue weighted by Gasteiger charge is 2.21. The lowest BCUT2D eigenvalue weighted by atomic mass is 10.2. The normalized spacial score (nSPS) is 11.3. The van der Waals surface area contributed by atoms with Crippen LogP contribution in [0, 0.1) is 10.1 Å². The SMILES string of the molecule is CN(Cc1ccc(Cl)c(Cl)c1)c1ccc(S(C)(=O)=O)cc1[N+](=O)[O-]. The van der Waals surface area contributed by atoms with Crippen molar-refractivity contribution >= 4 is 44.4 Å². The van der Waals surface area contributed by atoms with Crippen molar-refractivity contribution in [3.63, 3.8) is 0 Å². The number of hydrogen-bond donors (Lipinski definition) is 0. The van der Waals surface area contributed by atoms with Crippen molar-refractivity contribution in [2.45, 2.75) is 11.4 Å². The molecule has 0 amide bonds. The lowest BCUT2D eigenvalue weighted by Gasteiger charge is -2.20. The van der Waals surface area contributed by atoms with Gasteiger partial charge in [0.15, 0.2) is 9.84 Å². The van der Waals surface area contributed by atoms with E-state index in [1.165, 1.54) is 12.1 Å². The zero-order valence-electron chi connectivity index (χ0n) is 12.9. The predicted octanol–water partition coefficient (Wildman–Crippen LogP) is 3.94. The molecule has 0 saturated heterocycles. The number of anilines is 1. The zero-order chi connectivity index (χ0) is 18.1. The number of nitro groups is 1. The van der Waals surface area contributed by atoms with Gasteiger partial charge in [0.05, 0.1) is 19.9 Å². The van der Waals surface area contributed by atoms with Crippen LogP contribution in [0.15, 0.2) is 41.3 Å². The van der Waals surface area contributed by atoms with E-state index in [-0.39, 0.29) is 10.6 Å². The van der Waals surface area contributed by atoms with Gasteiger partial charge in [-0.25, -0.2) is 8.42 Å². The average molecular weight is 389 g/mol. The van der Waals surface area contributed by atoms with Gasteiger partial charge in [0.2, 0.25) is 0 Å². The Hall–Kier alpha value is -1.83. The predicted molar refractivity (Wildman–Crippen MR) is 94.8 cm³/mol. The molecule has 0 heterocycles. The Labute approximate surface area is 149 Å². The smallest absolute Gasteiger partial charge is 0.293 e. The Bertz CT molecular complexity index is 900. The first-order valence-corrected chi connectivity index (χ1v) is 9.38. The fraction of sp³-hybridized carbons (Fsp3) is 0.200. The van der Waals surface area contributed by atoms with Crippen molar-refractivity contribution in [3.8, 4) is 0 Å². The Morgan fingerprint density at radius 1 is 1.12 bits per heavy atom. The Kier molecular flexibility index (Phi) is 5.37. The van der Waals surface area contributed by atoms with E-state index in [0.29, 0.717) is 22.3 Å².